The molecule has 2 unspecified atom stereocenters. The van der Waals surface area contributed by atoms with E-state index in [-0.39, 0.29) is 0 Å². The summed E-state index contributed by atoms with van der Waals surface area (Å²) in [6.45, 7) is 7.10. The highest BCUT2D eigenvalue weighted by Crippen LogP contribution is 2.32. The maximum atomic E-state index is 4.95. The van der Waals surface area contributed by atoms with Crippen LogP contribution in [0, 0.1) is 12.5 Å². The molecule has 0 amide bonds. The van der Waals surface area contributed by atoms with E-state index >= 15 is 0 Å². The molecule has 1 aliphatic carbocycles. The zero-order valence-corrected chi connectivity index (χ0v) is 3.89. The third-order valence-electron chi connectivity index (χ3n) is 1.26. The topological polar surface area (TPSA) is 4.36 Å². The molecule has 0 bridgehead atoms. The number of rotatable bonds is 0. The summed E-state index contributed by atoms with van der Waals surface area (Å²) in [6.07, 6.45) is 1.20. The summed E-state index contributed by atoms with van der Waals surface area (Å²) in [6, 6.07) is 0.505. The summed E-state index contributed by atoms with van der Waals surface area (Å²) < 4.78 is 0. The number of hydrogen-bond acceptors (Lipinski definition) is 0. The highest BCUT2D eigenvalue weighted by Gasteiger charge is 2.42. The van der Waals surface area contributed by atoms with E-state index in [0.29, 0.717) is 6.04 Å². The Hall–Kier alpha value is -0.510. The van der Waals surface area contributed by atoms with E-state index in [9.17, 15) is 0 Å². The summed E-state index contributed by atoms with van der Waals surface area (Å²) in [5.74, 6) is 0.773. The van der Waals surface area contributed by atoms with Gasteiger partial charge in [-0.2, -0.15) is 0 Å². The zero-order valence-electron chi connectivity index (χ0n) is 3.89. The van der Waals surface area contributed by atoms with Gasteiger partial charge in [0.1, 0.15) is 0 Å². The summed E-state index contributed by atoms with van der Waals surface area (Å²) >= 11 is 0. The van der Waals surface area contributed by atoms with Gasteiger partial charge in [-0.1, -0.05) is 11.8 Å². The number of hydrogen-bond donors (Lipinski definition) is 0. The van der Waals surface area contributed by atoms with E-state index in [4.69, 9.17) is 6.57 Å². The van der Waals surface area contributed by atoms with Crippen LogP contribution in [-0.4, -0.2) is 6.04 Å². The van der Waals surface area contributed by atoms with Crippen LogP contribution >= 0.6 is 0 Å². The first-order chi connectivity index (χ1) is 2.84. The van der Waals surface area contributed by atoms with Crippen molar-refractivity contribution in [1.82, 2.24) is 0 Å². The van der Waals surface area contributed by atoms with Gasteiger partial charge < -0.3 is 0 Å². The fraction of sp³-hybridized carbons (Fsp3) is 0.800. The molecule has 1 aliphatic rings. The van der Waals surface area contributed by atoms with Gasteiger partial charge in [0, 0.05) is 12.3 Å². The van der Waals surface area contributed by atoms with Crippen LogP contribution in [0.4, 0.5) is 0 Å². The Kier molecular flexibility index (Phi) is 0.597. The summed E-state index contributed by atoms with van der Waals surface area (Å²) in [5.41, 5.74) is 0. The molecule has 0 heterocycles. The van der Waals surface area contributed by atoms with Gasteiger partial charge in [-0.3, -0.25) is 0 Å². The van der Waals surface area contributed by atoms with E-state index in [1.165, 1.54) is 6.42 Å². The summed E-state index contributed by atoms with van der Waals surface area (Å²) in [5, 5.41) is 0. The van der Waals surface area contributed by atoms with Gasteiger partial charge in [-0.05, 0) is 0 Å². The van der Waals surface area contributed by atoms with Crippen molar-refractivity contribution in [3.8, 4) is 6.57 Å². The normalized spacial score (nSPS) is 41.3. The van der Waals surface area contributed by atoms with Crippen molar-refractivity contribution >= 4 is 0 Å². The van der Waals surface area contributed by atoms with Gasteiger partial charge in [0.15, 0.2) is 0 Å². The van der Waals surface area contributed by atoms with Crippen LogP contribution in [0.5, 0.6) is 0 Å². The monoisotopic (exact) mass is 82.1 g/mol. The Labute approximate surface area is 37.8 Å². The van der Waals surface area contributed by atoms with E-state index < -0.39 is 0 Å². The Morgan fingerprint density at radius 2 is 2.33 bits per heavy atom. The second kappa shape index (κ2) is 0.975. The third kappa shape index (κ3) is 0.386. The van der Waals surface area contributed by atoms with Crippen molar-refractivity contribution in [3.05, 3.63) is 4.85 Å². The molecule has 0 aromatic rings. The number of nitrogens with zero attached hydrogens (tertiary/aromatic N) is 1. The van der Waals surface area contributed by atoms with E-state index in [1.807, 2.05) is 0 Å². The molecule has 0 aromatic carbocycles. The standard InChI is InChI=1S/C5H8N/c1-4-3-5(4)6-2/h2,4-5H,3H2,1H3/q+1. The Bertz CT molecular complexity index is 90.6. The van der Waals surface area contributed by atoms with E-state index in [0.717, 1.165) is 5.92 Å². The zero-order chi connectivity index (χ0) is 4.57. The largest absolute Gasteiger partial charge is 0.275 e. The molecule has 0 saturated heterocycles. The molecule has 1 fully saturated rings. The Morgan fingerprint density at radius 3 is 2.33 bits per heavy atom. The van der Waals surface area contributed by atoms with E-state index in [1.54, 1.807) is 0 Å². The van der Waals surface area contributed by atoms with Crippen LogP contribution in [0.2, 0.25) is 0 Å². The highest BCUT2D eigenvalue weighted by molar-refractivity contribution is 5.00. The fourth-order valence-electron chi connectivity index (χ4n) is 0.510. The van der Waals surface area contributed by atoms with Crippen molar-refractivity contribution in [3.63, 3.8) is 0 Å². The molecule has 1 saturated carbocycles. The average molecular weight is 82.1 g/mol. The predicted molar refractivity (Wildman–Crippen MR) is 25.9 cm³/mol. The molecule has 0 aromatic heterocycles. The van der Waals surface area contributed by atoms with Gasteiger partial charge in [0.2, 0.25) is 0 Å². The SMILES string of the molecule is C#[N+]C1CC1C. The second-order valence-corrected chi connectivity index (χ2v) is 1.93. The molecule has 1 heteroatoms. The molecule has 1 nitrogen and oxygen atoms in total. The Balaban J connectivity index is 2.31. The second-order valence-electron chi connectivity index (χ2n) is 1.93. The van der Waals surface area contributed by atoms with Gasteiger partial charge in [0.25, 0.3) is 12.6 Å². The first kappa shape index (κ1) is 3.67. The van der Waals surface area contributed by atoms with Crippen molar-refractivity contribution in [1.29, 1.82) is 0 Å². The van der Waals surface area contributed by atoms with Crippen LogP contribution < -0.4 is 0 Å². The van der Waals surface area contributed by atoms with Crippen LogP contribution in [-0.2, 0) is 0 Å². The third-order valence-corrected chi connectivity index (χ3v) is 1.26. The van der Waals surface area contributed by atoms with Crippen molar-refractivity contribution in [2.24, 2.45) is 5.92 Å². The minimum absolute atomic E-state index is 0.505. The maximum Gasteiger partial charge on any atom is 0.275 e. The molecule has 0 N–H and O–H groups in total. The van der Waals surface area contributed by atoms with Gasteiger partial charge >= 0.3 is 0 Å². The van der Waals surface area contributed by atoms with Crippen molar-refractivity contribution in [2.45, 2.75) is 19.4 Å². The minimum atomic E-state index is 0.505. The van der Waals surface area contributed by atoms with E-state index in [2.05, 4.69) is 11.8 Å². The molecule has 0 aliphatic heterocycles. The molecule has 6 heavy (non-hydrogen) atoms. The maximum absolute atomic E-state index is 4.95. The van der Waals surface area contributed by atoms with Crippen LogP contribution in [0.25, 0.3) is 4.85 Å². The lowest BCUT2D eigenvalue weighted by Crippen LogP contribution is -1.67. The summed E-state index contributed by atoms with van der Waals surface area (Å²) in [4.78, 5) is 3.58. The lowest BCUT2D eigenvalue weighted by atomic mass is 10.5. The van der Waals surface area contributed by atoms with Crippen molar-refractivity contribution in [2.75, 3.05) is 0 Å². The molecule has 1 rings (SSSR count). The lowest BCUT2D eigenvalue weighted by molar-refractivity contribution is 0.958. The van der Waals surface area contributed by atoms with Crippen LogP contribution in [0.15, 0.2) is 0 Å². The molecule has 0 spiro atoms. The smallest absolute Gasteiger partial charge is 0.0833 e. The van der Waals surface area contributed by atoms with Gasteiger partial charge in [-0.25, -0.2) is 0 Å². The quantitative estimate of drug-likeness (QED) is 0.415. The highest BCUT2D eigenvalue weighted by atomic mass is 14.8. The molecular formula is C5H8N+. The molecular weight excluding hydrogens is 74.1 g/mol. The van der Waals surface area contributed by atoms with Crippen LogP contribution in [0.3, 0.4) is 0 Å². The lowest BCUT2D eigenvalue weighted by Gasteiger charge is -1.56. The fourth-order valence-corrected chi connectivity index (χ4v) is 0.510. The predicted octanol–water partition coefficient (Wildman–Crippen LogP) is 1.36. The van der Waals surface area contributed by atoms with Gasteiger partial charge in [0.05, 0.1) is 0 Å². The molecule has 2 atom stereocenters. The van der Waals surface area contributed by atoms with Crippen molar-refractivity contribution < 1.29 is 0 Å². The average Bonchev–Trinajstić information content (AvgIpc) is 2.19. The molecule has 0 radical (unpaired) electrons. The minimum Gasteiger partial charge on any atom is -0.0833 e. The molecule has 32 valence electrons. The summed E-state index contributed by atoms with van der Waals surface area (Å²) in [7, 11) is 0. The first-order valence-electron chi connectivity index (χ1n) is 2.24. The Morgan fingerprint density at radius 1 is 1.83 bits per heavy atom. The first-order valence-corrected chi connectivity index (χ1v) is 2.24. The van der Waals surface area contributed by atoms with Gasteiger partial charge in [-0.15, -0.1) is 0 Å². The van der Waals surface area contributed by atoms with Crippen LogP contribution in [0.1, 0.15) is 13.3 Å².